The number of alkyl halides is 4. The molecule has 12 heteroatoms. The number of methoxy groups -OCH3 is 1. The Hall–Kier alpha value is -2.99. The summed E-state index contributed by atoms with van der Waals surface area (Å²) >= 11 is 0. The van der Waals surface area contributed by atoms with Crippen LogP contribution >= 0.6 is 0 Å². The summed E-state index contributed by atoms with van der Waals surface area (Å²) in [5.41, 5.74) is -0.344. The molecule has 0 N–H and O–H groups in total. The lowest BCUT2D eigenvalue weighted by molar-refractivity contribution is -0.148. The van der Waals surface area contributed by atoms with Crippen LogP contribution < -0.4 is 9.47 Å². The van der Waals surface area contributed by atoms with Gasteiger partial charge in [0.15, 0.2) is 12.4 Å². The molecule has 4 rings (SSSR count). The number of rotatable bonds is 7. The summed E-state index contributed by atoms with van der Waals surface area (Å²) in [6.45, 7) is -1.20. The van der Waals surface area contributed by atoms with Crippen molar-refractivity contribution in [1.82, 2.24) is 9.88 Å². The highest BCUT2D eigenvalue weighted by Crippen LogP contribution is 2.43. The smallest absolute Gasteiger partial charge is 0.340 e. The van der Waals surface area contributed by atoms with Crippen LogP contribution in [0.25, 0.3) is 0 Å². The summed E-state index contributed by atoms with van der Waals surface area (Å²) in [4.78, 5) is 18.5. The van der Waals surface area contributed by atoms with Crippen molar-refractivity contribution in [2.75, 3.05) is 33.6 Å². The summed E-state index contributed by atoms with van der Waals surface area (Å²) in [5, 5.41) is 0. The molecule has 0 spiro atoms. The average Bonchev–Trinajstić information content (AvgIpc) is 3.26. The quantitative estimate of drug-likeness (QED) is 0.555. The molecule has 0 unspecified atom stereocenters. The first-order valence-corrected chi connectivity index (χ1v) is 10.3. The molecule has 0 radical (unpaired) electrons. The molecule has 2 aliphatic rings. The van der Waals surface area contributed by atoms with Crippen LogP contribution in [0.3, 0.4) is 0 Å². The van der Waals surface area contributed by atoms with E-state index in [1.165, 1.54) is 30.2 Å². The number of nitrogens with zero attached hydrogens (tertiary/aromatic N) is 2. The first-order valence-electron chi connectivity index (χ1n) is 10.3. The fourth-order valence-electron chi connectivity index (χ4n) is 4.03. The second kappa shape index (κ2) is 9.34. The summed E-state index contributed by atoms with van der Waals surface area (Å²) < 4.78 is 86.1. The van der Waals surface area contributed by atoms with Gasteiger partial charge in [-0.15, -0.1) is 0 Å². The lowest BCUT2D eigenvalue weighted by Gasteiger charge is -2.41. The van der Waals surface area contributed by atoms with Gasteiger partial charge < -0.3 is 23.8 Å². The molecule has 1 aromatic heterocycles. The molecule has 0 aliphatic carbocycles. The second-order valence-electron chi connectivity index (χ2n) is 7.87. The lowest BCUT2D eigenvalue weighted by atomic mass is 9.82. The van der Waals surface area contributed by atoms with E-state index in [4.69, 9.17) is 18.9 Å². The van der Waals surface area contributed by atoms with Gasteiger partial charge in [0.2, 0.25) is 0 Å². The third kappa shape index (κ3) is 4.51. The molecule has 1 amide bonds. The Balaban J connectivity index is 1.48. The van der Waals surface area contributed by atoms with Crippen LogP contribution in [0.1, 0.15) is 22.5 Å². The summed E-state index contributed by atoms with van der Waals surface area (Å²) in [6, 6.07) is 8.39. The Kier molecular flexibility index (Phi) is 6.63. The number of likely N-dealkylation sites (tertiary alicyclic amines) is 1. The summed E-state index contributed by atoms with van der Waals surface area (Å²) in [6.07, 6.45) is -4.10. The standard InChI is InChI=1S/C22H21F5N2O5/c1-31-18-16(32-11-22(26,27)20(24)25)6-5-15(28-18)19(30)29-8-7-21(17(10-29)33-12-34-21)13-3-2-4-14(23)9-13/h2-6,9,17,20H,7-8,10-12H2,1H3/t17-,21-/m1/s1. The van der Waals surface area contributed by atoms with Gasteiger partial charge in [0, 0.05) is 13.0 Å². The SMILES string of the molecule is COc1nc(C(=O)N2CC[C@]3(c4cccc(F)c4)OCO[C@@H]3C2)ccc1OCC(F)(F)C(F)F. The molecule has 2 fully saturated rings. The number of amides is 1. The predicted octanol–water partition coefficient (Wildman–Crippen LogP) is 3.62. The molecule has 2 aromatic rings. The summed E-state index contributed by atoms with van der Waals surface area (Å²) in [5.74, 6) is -5.88. The van der Waals surface area contributed by atoms with Gasteiger partial charge in [-0.3, -0.25) is 4.79 Å². The molecular weight excluding hydrogens is 467 g/mol. The van der Waals surface area contributed by atoms with E-state index in [2.05, 4.69) is 4.98 Å². The second-order valence-corrected chi connectivity index (χ2v) is 7.87. The highest BCUT2D eigenvalue weighted by Gasteiger charge is 2.51. The van der Waals surface area contributed by atoms with Crippen LogP contribution in [0.5, 0.6) is 11.6 Å². The number of hydrogen-bond acceptors (Lipinski definition) is 6. The molecule has 0 bridgehead atoms. The molecule has 3 heterocycles. The number of hydrogen-bond donors (Lipinski definition) is 0. The largest absolute Gasteiger partial charge is 0.481 e. The first kappa shape index (κ1) is 24.1. The van der Waals surface area contributed by atoms with Crippen molar-refractivity contribution >= 4 is 5.91 Å². The normalized spacial score (nSPS) is 22.6. The van der Waals surface area contributed by atoms with Crippen LogP contribution in [-0.4, -0.2) is 67.8 Å². The zero-order chi connectivity index (χ0) is 24.5. The van der Waals surface area contributed by atoms with Crippen molar-refractivity contribution in [3.8, 4) is 11.6 Å². The molecule has 2 aliphatic heterocycles. The molecule has 184 valence electrons. The molecule has 34 heavy (non-hydrogen) atoms. The third-order valence-electron chi connectivity index (χ3n) is 5.82. The number of piperidine rings is 1. The van der Waals surface area contributed by atoms with Crippen molar-refractivity contribution in [1.29, 1.82) is 0 Å². The number of benzene rings is 1. The molecule has 1 aromatic carbocycles. The maximum absolute atomic E-state index is 13.8. The van der Waals surface area contributed by atoms with Gasteiger partial charge in [-0.1, -0.05) is 12.1 Å². The Morgan fingerprint density at radius 2 is 2.12 bits per heavy atom. The highest BCUT2D eigenvalue weighted by atomic mass is 19.3. The third-order valence-corrected chi connectivity index (χ3v) is 5.82. The molecule has 7 nitrogen and oxygen atoms in total. The van der Waals surface area contributed by atoms with Gasteiger partial charge in [0.1, 0.15) is 30.0 Å². The number of aromatic nitrogens is 1. The van der Waals surface area contributed by atoms with Gasteiger partial charge in [0.05, 0.1) is 13.7 Å². The van der Waals surface area contributed by atoms with Crippen LogP contribution in [0, 0.1) is 5.82 Å². The maximum Gasteiger partial charge on any atom is 0.340 e. The highest BCUT2D eigenvalue weighted by molar-refractivity contribution is 5.92. The number of carbonyl (C=O) groups excluding carboxylic acids is 1. The fraction of sp³-hybridized carbons (Fsp3) is 0.455. The monoisotopic (exact) mass is 488 g/mol. The van der Waals surface area contributed by atoms with E-state index >= 15 is 0 Å². The first-order chi connectivity index (χ1) is 16.2. The number of carbonyl (C=O) groups is 1. The van der Waals surface area contributed by atoms with E-state index < -0.39 is 42.4 Å². The van der Waals surface area contributed by atoms with Gasteiger partial charge in [-0.25, -0.2) is 18.2 Å². The van der Waals surface area contributed by atoms with Crippen molar-refractivity contribution in [2.45, 2.75) is 30.5 Å². The Morgan fingerprint density at radius 1 is 1.32 bits per heavy atom. The minimum absolute atomic E-state index is 0.00935. The number of ether oxygens (including phenoxy) is 4. The van der Waals surface area contributed by atoms with Crippen molar-refractivity contribution < 1.29 is 45.7 Å². The van der Waals surface area contributed by atoms with E-state index in [9.17, 15) is 26.7 Å². The average molecular weight is 488 g/mol. The fourth-order valence-corrected chi connectivity index (χ4v) is 4.03. The van der Waals surface area contributed by atoms with E-state index in [0.29, 0.717) is 12.0 Å². The lowest BCUT2D eigenvalue weighted by Crippen LogP contribution is -2.53. The van der Waals surface area contributed by atoms with Gasteiger partial charge >= 0.3 is 12.3 Å². The van der Waals surface area contributed by atoms with E-state index in [-0.39, 0.29) is 37.2 Å². The van der Waals surface area contributed by atoms with Crippen molar-refractivity contribution in [2.24, 2.45) is 0 Å². The molecular formula is C22H21F5N2O5. The Bertz CT molecular complexity index is 1060. The van der Waals surface area contributed by atoms with Gasteiger partial charge in [0.25, 0.3) is 11.8 Å². The van der Waals surface area contributed by atoms with Crippen LogP contribution in [0.4, 0.5) is 22.0 Å². The van der Waals surface area contributed by atoms with Gasteiger partial charge in [-0.05, 0) is 29.8 Å². The number of halogens is 5. The Morgan fingerprint density at radius 3 is 2.82 bits per heavy atom. The predicted molar refractivity (Wildman–Crippen MR) is 107 cm³/mol. The van der Waals surface area contributed by atoms with E-state index in [0.717, 1.165) is 6.07 Å². The topological polar surface area (TPSA) is 70.1 Å². The maximum atomic E-state index is 13.8. The van der Waals surface area contributed by atoms with Gasteiger partial charge in [-0.2, -0.15) is 8.78 Å². The minimum Gasteiger partial charge on any atom is -0.481 e. The Labute approximate surface area is 191 Å². The molecule has 2 saturated heterocycles. The van der Waals surface area contributed by atoms with Crippen LogP contribution in [0.15, 0.2) is 36.4 Å². The molecule has 2 atom stereocenters. The zero-order valence-electron chi connectivity index (χ0n) is 18.0. The van der Waals surface area contributed by atoms with Crippen LogP contribution in [-0.2, 0) is 15.1 Å². The zero-order valence-corrected chi connectivity index (χ0v) is 18.0. The van der Waals surface area contributed by atoms with E-state index in [1.807, 2.05) is 0 Å². The van der Waals surface area contributed by atoms with Crippen molar-refractivity contribution in [3.05, 3.63) is 53.5 Å². The minimum atomic E-state index is -4.36. The van der Waals surface area contributed by atoms with E-state index in [1.54, 1.807) is 12.1 Å². The van der Waals surface area contributed by atoms with Crippen LogP contribution in [0.2, 0.25) is 0 Å². The number of pyridine rings is 1. The number of fused-ring (bicyclic) bond motifs is 1. The summed E-state index contributed by atoms with van der Waals surface area (Å²) in [7, 11) is 1.17. The molecule has 0 saturated carbocycles. The van der Waals surface area contributed by atoms with Crippen molar-refractivity contribution in [3.63, 3.8) is 0 Å².